The maximum Gasteiger partial charge on any atom is 0.0713 e. The maximum atomic E-state index is 5.18. The molecule has 0 atom stereocenters. The number of ether oxygens (including phenoxy) is 1. The van der Waals surface area contributed by atoms with Crippen molar-refractivity contribution in [2.75, 3.05) is 7.11 Å². The van der Waals surface area contributed by atoms with Crippen LogP contribution in [0.3, 0.4) is 0 Å². The first-order valence-electron chi connectivity index (χ1n) is 6.59. The molecule has 0 fully saturated rings. The molecule has 0 spiro atoms. The van der Waals surface area contributed by atoms with E-state index in [1.54, 1.807) is 7.11 Å². The van der Waals surface area contributed by atoms with E-state index in [-0.39, 0.29) is 0 Å². The van der Waals surface area contributed by atoms with Gasteiger partial charge in [-0.3, -0.25) is 0 Å². The Balaban J connectivity index is 2.11. The Morgan fingerprint density at radius 2 is 2.05 bits per heavy atom. The predicted octanol–water partition coefficient (Wildman–Crippen LogP) is 4.06. The van der Waals surface area contributed by atoms with Gasteiger partial charge in [0.05, 0.1) is 6.61 Å². The summed E-state index contributed by atoms with van der Waals surface area (Å²) < 4.78 is 5.18. The molecule has 2 aromatic rings. The third-order valence-electron chi connectivity index (χ3n) is 2.87. The summed E-state index contributed by atoms with van der Waals surface area (Å²) in [7, 11) is 1.73. The molecule has 2 nitrogen and oxygen atoms in total. The molecule has 0 unspecified atom stereocenters. The van der Waals surface area contributed by atoms with E-state index in [1.807, 2.05) is 11.3 Å². The molecule has 0 aliphatic rings. The molecule has 1 aromatic carbocycles. The van der Waals surface area contributed by atoms with Gasteiger partial charge in [-0.2, -0.15) is 0 Å². The van der Waals surface area contributed by atoms with E-state index < -0.39 is 0 Å². The van der Waals surface area contributed by atoms with Crippen molar-refractivity contribution in [2.24, 2.45) is 0 Å². The summed E-state index contributed by atoms with van der Waals surface area (Å²) in [5.74, 6) is 0. The van der Waals surface area contributed by atoms with Gasteiger partial charge in [-0.1, -0.05) is 32.0 Å². The largest absolute Gasteiger partial charge is 0.380 e. The predicted molar refractivity (Wildman–Crippen MR) is 82.4 cm³/mol. The number of thiophene rings is 1. The second-order valence-corrected chi connectivity index (χ2v) is 6.10. The van der Waals surface area contributed by atoms with Gasteiger partial charge in [-0.25, -0.2) is 0 Å². The van der Waals surface area contributed by atoms with Crippen molar-refractivity contribution in [1.29, 1.82) is 0 Å². The van der Waals surface area contributed by atoms with Crippen molar-refractivity contribution in [2.45, 2.75) is 33.0 Å². The monoisotopic (exact) mass is 275 g/mol. The fraction of sp³-hybridized carbons (Fsp3) is 0.375. The summed E-state index contributed by atoms with van der Waals surface area (Å²) in [6, 6.07) is 13.5. The van der Waals surface area contributed by atoms with Crippen LogP contribution in [-0.4, -0.2) is 13.2 Å². The Hall–Kier alpha value is -1.16. The fourth-order valence-corrected chi connectivity index (χ4v) is 2.87. The van der Waals surface area contributed by atoms with Crippen LogP contribution < -0.4 is 5.32 Å². The molecular weight excluding hydrogens is 254 g/mol. The molecule has 0 aliphatic heterocycles. The van der Waals surface area contributed by atoms with Crippen LogP contribution in [0.5, 0.6) is 0 Å². The highest BCUT2D eigenvalue weighted by Gasteiger charge is 2.04. The van der Waals surface area contributed by atoms with Crippen LogP contribution in [0.2, 0.25) is 0 Å². The van der Waals surface area contributed by atoms with Crippen LogP contribution in [0.15, 0.2) is 36.4 Å². The van der Waals surface area contributed by atoms with Crippen LogP contribution in [0.4, 0.5) is 0 Å². The number of hydrogen-bond donors (Lipinski definition) is 1. The molecule has 0 radical (unpaired) electrons. The van der Waals surface area contributed by atoms with Crippen LogP contribution in [0.25, 0.3) is 10.4 Å². The lowest BCUT2D eigenvalue weighted by molar-refractivity contribution is 0.185. The van der Waals surface area contributed by atoms with Crippen LogP contribution in [0.1, 0.15) is 24.3 Å². The van der Waals surface area contributed by atoms with Gasteiger partial charge in [0, 0.05) is 29.5 Å². The zero-order chi connectivity index (χ0) is 13.7. The molecule has 2 rings (SSSR count). The summed E-state index contributed by atoms with van der Waals surface area (Å²) >= 11 is 1.85. The Morgan fingerprint density at radius 3 is 2.79 bits per heavy atom. The van der Waals surface area contributed by atoms with Gasteiger partial charge in [0.15, 0.2) is 0 Å². The van der Waals surface area contributed by atoms with E-state index >= 15 is 0 Å². The minimum absolute atomic E-state index is 0.524. The number of nitrogens with one attached hydrogen (secondary N) is 1. The molecule has 0 bridgehead atoms. The lowest BCUT2D eigenvalue weighted by Crippen LogP contribution is -2.21. The Morgan fingerprint density at radius 1 is 1.21 bits per heavy atom. The van der Waals surface area contributed by atoms with Crippen molar-refractivity contribution < 1.29 is 4.74 Å². The molecule has 0 saturated carbocycles. The van der Waals surface area contributed by atoms with E-state index in [0.717, 1.165) is 6.54 Å². The summed E-state index contributed by atoms with van der Waals surface area (Å²) in [4.78, 5) is 2.69. The number of hydrogen-bond acceptors (Lipinski definition) is 3. The first-order valence-corrected chi connectivity index (χ1v) is 7.41. The van der Waals surface area contributed by atoms with Crippen LogP contribution >= 0.6 is 11.3 Å². The lowest BCUT2D eigenvalue weighted by atomic mass is 10.1. The Labute approximate surface area is 119 Å². The van der Waals surface area contributed by atoms with Gasteiger partial charge >= 0.3 is 0 Å². The van der Waals surface area contributed by atoms with Gasteiger partial charge in [0.25, 0.3) is 0 Å². The third kappa shape index (κ3) is 4.16. The van der Waals surface area contributed by atoms with Crippen molar-refractivity contribution in [3.8, 4) is 10.4 Å². The highest BCUT2D eigenvalue weighted by Crippen LogP contribution is 2.28. The lowest BCUT2D eigenvalue weighted by Gasteiger charge is -2.05. The van der Waals surface area contributed by atoms with Gasteiger partial charge in [-0.15, -0.1) is 11.3 Å². The Kier molecular flexibility index (Phi) is 5.14. The minimum atomic E-state index is 0.524. The van der Waals surface area contributed by atoms with Crippen LogP contribution in [-0.2, 0) is 17.9 Å². The van der Waals surface area contributed by atoms with Crippen molar-refractivity contribution in [1.82, 2.24) is 5.32 Å². The van der Waals surface area contributed by atoms with E-state index in [4.69, 9.17) is 4.74 Å². The molecule has 0 amide bonds. The van der Waals surface area contributed by atoms with Crippen LogP contribution in [0, 0.1) is 0 Å². The quantitative estimate of drug-likeness (QED) is 0.858. The fourth-order valence-electron chi connectivity index (χ4n) is 1.91. The highest BCUT2D eigenvalue weighted by atomic mass is 32.1. The van der Waals surface area contributed by atoms with Crippen molar-refractivity contribution in [3.05, 3.63) is 46.8 Å². The molecule has 102 valence electrons. The zero-order valence-electron chi connectivity index (χ0n) is 11.8. The second kappa shape index (κ2) is 6.85. The molecule has 1 aromatic heterocycles. The van der Waals surface area contributed by atoms with E-state index in [0.29, 0.717) is 12.6 Å². The van der Waals surface area contributed by atoms with Gasteiger partial charge in [0.1, 0.15) is 0 Å². The van der Waals surface area contributed by atoms with E-state index in [1.165, 1.54) is 20.9 Å². The summed E-state index contributed by atoms with van der Waals surface area (Å²) in [5.41, 5.74) is 2.49. The smallest absolute Gasteiger partial charge is 0.0713 e. The minimum Gasteiger partial charge on any atom is -0.380 e. The van der Waals surface area contributed by atoms with Gasteiger partial charge < -0.3 is 10.1 Å². The second-order valence-electron chi connectivity index (χ2n) is 4.93. The molecule has 0 saturated heterocycles. The summed E-state index contributed by atoms with van der Waals surface area (Å²) in [6.07, 6.45) is 0. The number of methoxy groups -OCH3 is 1. The number of rotatable bonds is 6. The first-order chi connectivity index (χ1) is 9.19. The molecule has 1 heterocycles. The average molecular weight is 275 g/mol. The molecule has 0 aliphatic carbocycles. The SMILES string of the molecule is COCc1cccc(-c2ccc(CNC(C)C)s2)c1. The van der Waals surface area contributed by atoms with E-state index in [9.17, 15) is 0 Å². The Bertz CT molecular complexity index is 519. The summed E-state index contributed by atoms with van der Waals surface area (Å²) in [5, 5.41) is 3.45. The molecule has 3 heteroatoms. The topological polar surface area (TPSA) is 21.3 Å². The van der Waals surface area contributed by atoms with Crippen molar-refractivity contribution >= 4 is 11.3 Å². The first kappa shape index (κ1) is 14.3. The zero-order valence-corrected chi connectivity index (χ0v) is 12.6. The molecule has 1 N–H and O–H groups in total. The third-order valence-corrected chi connectivity index (χ3v) is 4.00. The van der Waals surface area contributed by atoms with E-state index in [2.05, 4.69) is 55.6 Å². The standard InChI is InChI=1S/C16H21NOS/c1-12(2)17-10-15-7-8-16(19-15)14-6-4-5-13(9-14)11-18-3/h4-9,12,17H,10-11H2,1-3H3. The molecular formula is C16H21NOS. The normalized spacial score (nSPS) is 11.2. The maximum absolute atomic E-state index is 5.18. The molecule has 19 heavy (non-hydrogen) atoms. The summed E-state index contributed by atoms with van der Waals surface area (Å²) in [6.45, 7) is 5.95. The van der Waals surface area contributed by atoms with Gasteiger partial charge in [-0.05, 0) is 29.3 Å². The van der Waals surface area contributed by atoms with Gasteiger partial charge in [0.2, 0.25) is 0 Å². The highest BCUT2D eigenvalue weighted by molar-refractivity contribution is 7.15. The average Bonchev–Trinajstić information content (AvgIpc) is 2.86. The number of benzene rings is 1. The van der Waals surface area contributed by atoms with Crippen molar-refractivity contribution in [3.63, 3.8) is 0 Å².